The number of hydrogen-bond donors (Lipinski definition) is 1. The molecule has 0 unspecified atom stereocenters. The van der Waals surface area contributed by atoms with Gasteiger partial charge in [0.2, 0.25) is 0 Å². The molecule has 0 amide bonds. The van der Waals surface area contributed by atoms with Gasteiger partial charge in [0, 0.05) is 17.6 Å². The van der Waals surface area contributed by atoms with Crippen LogP contribution in [0.5, 0.6) is 5.75 Å². The number of benzene rings is 1. The predicted molar refractivity (Wildman–Crippen MR) is 72.6 cm³/mol. The van der Waals surface area contributed by atoms with Gasteiger partial charge in [0.15, 0.2) is 0 Å². The number of phenols is 1. The van der Waals surface area contributed by atoms with Crippen molar-refractivity contribution in [1.82, 2.24) is 4.57 Å². The van der Waals surface area contributed by atoms with Gasteiger partial charge in [-0.25, -0.2) is 0 Å². The van der Waals surface area contributed by atoms with Crippen molar-refractivity contribution in [3.8, 4) is 5.75 Å². The highest BCUT2D eigenvalue weighted by atomic mass is 16.3. The molecular weight excluding hydrogens is 210 g/mol. The molecule has 1 aromatic carbocycles. The highest BCUT2D eigenvalue weighted by Crippen LogP contribution is 2.30. The number of phenolic OH excluding ortho intramolecular Hbond substituents is 1. The van der Waals surface area contributed by atoms with Crippen LogP contribution in [0.2, 0.25) is 0 Å². The molecule has 2 aromatic rings. The second-order valence-corrected chi connectivity index (χ2v) is 5.19. The average Bonchev–Trinajstić information content (AvgIpc) is 2.54. The molecule has 17 heavy (non-hydrogen) atoms. The minimum absolute atomic E-state index is 0.400. The van der Waals surface area contributed by atoms with Crippen molar-refractivity contribution in [1.29, 1.82) is 0 Å². The highest BCUT2D eigenvalue weighted by Gasteiger charge is 2.12. The van der Waals surface area contributed by atoms with Gasteiger partial charge in [0.25, 0.3) is 0 Å². The zero-order valence-electron chi connectivity index (χ0n) is 11.1. The molecule has 2 rings (SSSR count). The quantitative estimate of drug-likeness (QED) is 0.852. The minimum atomic E-state index is 0.400. The van der Waals surface area contributed by atoms with Crippen molar-refractivity contribution in [3.05, 3.63) is 29.5 Å². The van der Waals surface area contributed by atoms with E-state index in [0.29, 0.717) is 11.7 Å². The summed E-state index contributed by atoms with van der Waals surface area (Å²) in [5, 5.41) is 11.0. The fourth-order valence-electron chi connectivity index (χ4n) is 2.49. The van der Waals surface area contributed by atoms with E-state index in [9.17, 15) is 5.11 Å². The maximum Gasteiger partial charge on any atom is 0.125 e. The number of aryl methyl sites for hydroxylation is 2. The molecule has 0 radical (unpaired) electrons. The third-order valence-corrected chi connectivity index (χ3v) is 3.16. The molecule has 0 aliphatic heterocycles. The standard InChI is InChI=1S/C15H21NO/c1-5-16-12(6-10(2)3)9-13-14(16)7-11(4)8-15(13)17/h7-10,17H,5-6H2,1-4H3. The molecule has 2 nitrogen and oxygen atoms in total. The van der Waals surface area contributed by atoms with Gasteiger partial charge in [-0.1, -0.05) is 13.8 Å². The maximum absolute atomic E-state index is 10.0. The van der Waals surface area contributed by atoms with E-state index in [1.54, 1.807) is 0 Å². The van der Waals surface area contributed by atoms with E-state index in [-0.39, 0.29) is 0 Å². The molecule has 1 aromatic heterocycles. The van der Waals surface area contributed by atoms with Crippen LogP contribution in [0.25, 0.3) is 10.9 Å². The molecule has 1 N–H and O–H groups in total. The van der Waals surface area contributed by atoms with Crippen LogP contribution in [0.1, 0.15) is 32.0 Å². The number of nitrogens with zero attached hydrogens (tertiary/aromatic N) is 1. The van der Waals surface area contributed by atoms with Crippen molar-refractivity contribution in [2.24, 2.45) is 5.92 Å². The first kappa shape index (κ1) is 12.0. The number of aromatic nitrogens is 1. The van der Waals surface area contributed by atoms with E-state index in [0.717, 1.165) is 29.4 Å². The van der Waals surface area contributed by atoms with Gasteiger partial charge in [0.05, 0.1) is 5.52 Å². The molecule has 0 saturated carbocycles. The molecule has 92 valence electrons. The van der Waals surface area contributed by atoms with Gasteiger partial charge in [-0.2, -0.15) is 0 Å². The van der Waals surface area contributed by atoms with Crippen LogP contribution in [0, 0.1) is 12.8 Å². The lowest BCUT2D eigenvalue weighted by atomic mass is 10.1. The monoisotopic (exact) mass is 231 g/mol. The zero-order valence-corrected chi connectivity index (χ0v) is 11.1. The molecule has 0 bridgehead atoms. The second-order valence-electron chi connectivity index (χ2n) is 5.19. The van der Waals surface area contributed by atoms with Gasteiger partial charge in [-0.15, -0.1) is 0 Å². The largest absolute Gasteiger partial charge is 0.507 e. The van der Waals surface area contributed by atoms with E-state index in [1.807, 2.05) is 13.0 Å². The van der Waals surface area contributed by atoms with Crippen molar-refractivity contribution < 1.29 is 5.11 Å². The van der Waals surface area contributed by atoms with Crippen LogP contribution in [-0.2, 0) is 13.0 Å². The number of aromatic hydroxyl groups is 1. The van der Waals surface area contributed by atoms with Crippen molar-refractivity contribution in [3.63, 3.8) is 0 Å². The maximum atomic E-state index is 10.0. The smallest absolute Gasteiger partial charge is 0.125 e. The topological polar surface area (TPSA) is 25.2 Å². The Morgan fingerprint density at radius 3 is 2.53 bits per heavy atom. The molecule has 1 heterocycles. The fourth-order valence-corrected chi connectivity index (χ4v) is 2.49. The van der Waals surface area contributed by atoms with E-state index < -0.39 is 0 Å². The van der Waals surface area contributed by atoms with Gasteiger partial charge in [-0.3, -0.25) is 0 Å². The summed E-state index contributed by atoms with van der Waals surface area (Å²) in [6, 6.07) is 6.12. The van der Waals surface area contributed by atoms with Crippen LogP contribution in [0.15, 0.2) is 18.2 Å². The van der Waals surface area contributed by atoms with Gasteiger partial charge < -0.3 is 9.67 Å². The third-order valence-electron chi connectivity index (χ3n) is 3.16. The van der Waals surface area contributed by atoms with Crippen LogP contribution >= 0.6 is 0 Å². The minimum Gasteiger partial charge on any atom is -0.507 e. The Morgan fingerprint density at radius 2 is 1.94 bits per heavy atom. The lowest BCUT2D eigenvalue weighted by Gasteiger charge is -2.10. The molecular formula is C15H21NO. The van der Waals surface area contributed by atoms with Crippen LogP contribution in [0.3, 0.4) is 0 Å². The van der Waals surface area contributed by atoms with Gasteiger partial charge >= 0.3 is 0 Å². The second kappa shape index (κ2) is 4.44. The summed E-state index contributed by atoms with van der Waals surface area (Å²) >= 11 is 0. The van der Waals surface area contributed by atoms with E-state index in [2.05, 4.69) is 37.5 Å². The third kappa shape index (κ3) is 2.17. The molecule has 0 atom stereocenters. The predicted octanol–water partition coefficient (Wildman–Crippen LogP) is 3.87. The van der Waals surface area contributed by atoms with Crippen molar-refractivity contribution in [2.45, 2.75) is 40.7 Å². The summed E-state index contributed by atoms with van der Waals surface area (Å²) < 4.78 is 2.31. The highest BCUT2D eigenvalue weighted by molar-refractivity contribution is 5.88. The van der Waals surface area contributed by atoms with E-state index in [1.165, 1.54) is 5.69 Å². The molecule has 0 saturated heterocycles. The lowest BCUT2D eigenvalue weighted by molar-refractivity contribution is 0.481. The lowest BCUT2D eigenvalue weighted by Crippen LogP contribution is -2.03. The first-order chi connectivity index (χ1) is 8.02. The Kier molecular flexibility index (Phi) is 3.14. The Hall–Kier alpha value is -1.44. The number of fused-ring (bicyclic) bond motifs is 1. The van der Waals surface area contributed by atoms with E-state index >= 15 is 0 Å². The molecule has 2 heteroatoms. The molecule has 0 aliphatic carbocycles. The zero-order chi connectivity index (χ0) is 12.6. The van der Waals surface area contributed by atoms with Gasteiger partial charge in [-0.05, 0) is 49.9 Å². The Labute approximate surface area is 103 Å². The summed E-state index contributed by atoms with van der Waals surface area (Å²) in [6.45, 7) is 9.58. The number of hydrogen-bond acceptors (Lipinski definition) is 1. The number of rotatable bonds is 3. The molecule has 0 spiro atoms. The van der Waals surface area contributed by atoms with Crippen LogP contribution in [-0.4, -0.2) is 9.67 Å². The summed E-state index contributed by atoms with van der Waals surface area (Å²) in [5.74, 6) is 1.03. The van der Waals surface area contributed by atoms with Gasteiger partial charge in [0.1, 0.15) is 5.75 Å². The molecule has 0 aliphatic rings. The first-order valence-electron chi connectivity index (χ1n) is 6.34. The Balaban J connectivity index is 2.66. The Bertz CT molecular complexity index is 537. The average molecular weight is 231 g/mol. The van der Waals surface area contributed by atoms with Crippen LogP contribution < -0.4 is 0 Å². The Morgan fingerprint density at radius 1 is 1.24 bits per heavy atom. The summed E-state index contributed by atoms with van der Waals surface area (Å²) in [4.78, 5) is 0. The normalized spacial score (nSPS) is 11.6. The summed E-state index contributed by atoms with van der Waals surface area (Å²) in [7, 11) is 0. The first-order valence-corrected chi connectivity index (χ1v) is 6.34. The summed E-state index contributed by atoms with van der Waals surface area (Å²) in [6.07, 6.45) is 1.06. The van der Waals surface area contributed by atoms with Crippen molar-refractivity contribution >= 4 is 10.9 Å². The van der Waals surface area contributed by atoms with Crippen molar-refractivity contribution in [2.75, 3.05) is 0 Å². The summed E-state index contributed by atoms with van der Waals surface area (Å²) in [5.41, 5.74) is 3.58. The SMILES string of the molecule is CCn1c(CC(C)C)cc2c(O)cc(C)cc21. The molecule has 0 fully saturated rings. The fraction of sp³-hybridized carbons (Fsp3) is 0.467. The van der Waals surface area contributed by atoms with E-state index in [4.69, 9.17) is 0 Å². The van der Waals surface area contributed by atoms with Crippen LogP contribution in [0.4, 0.5) is 0 Å².